The first-order chi connectivity index (χ1) is 8.39. The second-order valence-corrected chi connectivity index (χ2v) is 7.24. The fourth-order valence-corrected chi connectivity index (χ4v) is 3.59. The van der Waals surface area contributed by atoms with Crippen LogP contribution in [0.1, 0.15) is 18.4 Å². The van der Waals surface area contributed by atoms with Crippen LogP contribution in [0, 0.1) is 6.92 Å². The number of aryl methyl sites for hydroxylation is 1. The molecule has 0 bridgehead atoms. The fraction of sp³-hybridized carbons (Fsp3) is 0.583. The van der Waals surface area contributed by atoms with Crippen LogP contribution in [0.3, 0.4) is 0 Å². The minimum absolute atomic E-state index is 0.211. The van der Waals surface area contributed by atoms with E-state index in [9.17, 15) is 8.42 Å². The lowest BCUT2D eigenvalue weighted by Crippen LogP contribution is -2.39. The first kappa shape index (κ1) is 13.1. The molecule has 1 saturated heterocycles. The van der Waals surface area contributed by atoms with Crippen LogP contribution in [-0.4, -0.2) is 38.0 Å². The van der Waals surface area contributed by atoms with E-state index in [1.807, 2.05) is 6.92 Å². The Hall–Kier alpha value is -1.30. The number of hydrogen-bond donors (Lipinski definition) is 1. The van der Waals surface area contributed by atoms with Gasteiger partial charge < -0.3 is 10.6 Å². The lowest BCUT2D eigenvalue weighted by atomic mass is 10.1. The largest absolute Gasteiger partial charge is 0.396 e. The van der Waals surface area contributed by atoms with Gasteiger partial charge in [-0.05, 0) is 25.3 Å². The molecule has 0 aromatic carbocycles. The molecule has 0 radical (unpaired) electrons. The first-order valence-electron chi connectivity index (χ1n) is 6.03. The Morgan fingerprint density at radius 2 is 1.94 bits per heavy atom. The van der Waals surface area contributed by atoms with Crippen LogP contribution in [0.5, 0.6) is 0 Å². The number of rotatable bonds is 2. The van der Waals surface area contributed by atoms with Gasteiger partial charge in [-0.3, -0.25) is 4.98 Å². The molecule has 1 aliphatic rings. The number of sulfone groups is 1. The van der Waals surface area contributed by atoms with Gasteiger partial charge in [0.25, 0.3) is 0 Å². The number of piperidine rings is 1. The lowest BCUT2D eigenvalue weighted by molar-refractivity contribution is 0.534. The Labute approximate surface area is 108 Å². The molecule has 2 rings (SSSR count). The highest BCUT2D eigenvalue weighted by Gasteiger charge is 2.27. The van der Waals surface area contributed by atoms with Crippen LogP contribution in [0.25, 0.3) is 0 Å². The second-order valence-electron chi connectivity index (χ2n) is 4.91. The Morgan fingerprint density at radius 3 is 2.44 bits per heavy atom. The molecule has 1 aromatic rings. The molecule has 0 atom stereocenters. The van der Waals surface area contributed by atoms with E-state index < -0.39 is 9.84 Å². The molecule has 0 aliphatic carbocycles. The van der Waals surface area contributed by atoms with Gasteiger partial charge in [-0.1, -0.05) is 0 Å². The molecule has 1 aliphatic heterocycles. The van der Waals surface area contributed by atoms with Crippen molar-refractivity contribution in [2.75, 3.05) is 30.0 Å². The molecule has 100 valence electrons. The van der Waals surface area contributed by atoms with E-state index in [-0.39, 0.29) is 5.25 Å². The summed E-state index contributed by atoms with van der Waals surface area (Å²) in [6.45, 7) is 3.43. The molecule has 2 heterocycles. The van der Waals surface area contributed by atoms with Crippen molar-refractivity contribution in [2.24, 2.45) is 0 Å². The summed E-state index contributed by atoms with van der Waals surface area (Å²) in [5.41, 5.74) is 8.64. The Kier molecular flexibility index (Phi) is 3.47. The van der Waals surface area contributed by atoms with Crippen molar-refractivity contribution in [3.05, 3.63) is 18.0 Å². The fourth-order valence-electron chi connectivity index (χ4n) is 2.52. The predicted octanol–water partition coefficient (Wildman–Crippen LogP) is 0.986. The van der Waals surface area contributed by atoms with Gasteiger partial charge >= 0.3 is 0 Å². The van der Waals surface area contributed by atoms with Crippen LogP contribution in [0.2, 0.25) is 0 Å². The van der Waals surface area contributed by atoms with E-state index >= 15 is 0 Å². The maximum atomic E-state index is 11.5. The maximum Gasteiger partial charge on any atom is 0.150 e. The lowest BCUT2D eigenvalue weighted by Gasteiger charge is -2.34. The van der Waals surface area contributed by atoms with Crippen molar-refractivity contribution in [1.82, 2.24) is 4.98 Å². The third-order valence-corrected chi connectivity index (χ3v) is 5.17. The third-order valence-electron chi connectivity index (χ3n) is 3.49. The number of hydrogen-bond acceptors (Lipinski definition) is 5. The predicted molar refractivity (Wildman–Crippen MR) is 73.5 cm³/mol. The minimum Gasteiger partial charge on any atom is -0.396 e. The average Bonchev–Trinajstić information content (AvgIpc) is 2.28. The van der Waals surface area contributed by atoms with E-state index in [4.69, 9.17) is 5.73 Å². The monoisotopic (exact) mass is 269 g/mol. The minimum atomic E-state index is -2.92. The van der Waals surface area contributed by atoms with Gasteiger partial charge in [0.05, 0.1) is 22.8 Å². The van der Waals surface area contributed by atoms with Crippen molar-refractivity contribution < 1.29 is 8.42 Å². The Balaban J connectivity index is 2.15. The summed E-state index contributed by atoms with van der Waals surface area (Å²) >= 11 is 0. The van der Waals surface area contributed by atoms with E-state index in [1.165, 1.54) is 6.26 Å². The van der Waals surface area contributed by atoms with E-state index in [2.05, 4.69) is 9.88 Å². The topological polar surface area (TPSA) is 76.3 Å². The summed E-state index contributed by atoms with van der Waals surface area (Å²) in [6.07, 6.45) is 6.08. The highest BCUT2D eigenvalue weighted by Crippen LogP contribution is 2.30. The van der Waals surface area contributed by atoms with Gasteiger partial charge in [0.2, 0.25) is 0 Å². The summed E-state index contributed by atoms with van der Waals surface area (Å²) in [6, 6.07) is 0. The van der Waals surface area contributed by atoms with E-state index in [0.717, 1.165) is 24.3 Å². The van der Waals surface area contributed by atoms with Crippen LogP contribution in [0.4, 0.5) is 11.4 Å². The van der Waals surface area contributed by atoms with Crippen LogP contribution in [-0.2, 0) is 9.84 Å². The van der Waals surface area contributed by atoms with Crippen molar-refractivity contribution >= 4 is 21.2 Å². The van der Waals surface area contributed by atoms with Crippen molar-refractivity contribution in [3.8, 4) is 0 Å². The highest BCUT2D eigenvalue weighted by atomic mass is 32.2. The third kappa shape index (κ3) is 2.58. The molecular weight excluding hydrogens is 250 g/mol. The molecule has 18 heavy (non-hydrogen) atoms. The highest BCUT2D eigenvalue weighted by molar-refractivity contribution is 7.91. The van der Waals surface area contributed by atoms with Gasteiger partial charge in [0, 0.05) is 25.5 Å². The SMILES string of the molecule is Cc1cncc(N)c1N1CCC(S(C)(=O)=O)CC1. The molecular formula is C12H19N3O2S. The van der Waals surface area contributed by atoms with Crippen molar-refractivity contribution in [2.45, 2.75) is 25.0 Å². The molecule has 1 aromatic heterocycles. The molecule has 1 fully saturated rings. The van der Waals surface area contributed by atoms with Crippen molar-refractivity contribution in [1.29, 1.82) is 0 Å². The van der Waals surface area contributed by atoms with Crippen molar-refractivity contribution in [3.63, 3.8) is 0 Å². The summed E-state index contributed by atoms with van der Waals surface area (Å²) in [7, 11) is -2.92. The van der Waals surface area contributed by atoms with Crippen LogP contribution >= 0.6 is 0 Å². The normalized spacial score (nSPS) is 18.0. The second kappa shape index (κ2) is 4.76. The van der Waals surface area contributed by atoms with Gasteiger partial charge in [-0.25, -0.2) is 8.42 Å². The number of pyridine rings is 1. The zero-order valence-corrected chi connectivity index (χ0v) is 11.6. The number of aromatic nitrogens is 1. The maximum absolute atomic E-state index is 11.5. The molecule has 0 amide bonds. The average molecular weight is 269 g/mol. The number of nitrogens with two attached hydrogens (primary N) is 1. The Bertz CT molecular complexity index is 514. The molecule has 0 saturated carbocycles. The van der Waals surface area contributed by atoms with Crippen LogP contribution in [0.15, 0.2) is 12.4 Å². The number of nitrogen functional groups attached to an aromatic ring is 1. The zero-order chi connectivity index (χ0) is 13.3. The summed E-state index contributed by atoms with van der Waals surface area (Å²) in [5, 5.41) is -0.211. The Morgan fingerprint density at radius 1 is 1.33 bits per heavy atom. The van der Waals surface area contributed by atoms with Gasteiger partial charge in [-0.15, -0.1) is 0 Å². The first-order valence-corrected chi connectivity index (χ1v) is 7.99. The van der Waals surface area contributed by atoms with E-state index in [0.29, 0.717) is 18.5 Å². The van der Waals surface area contributed by atoms with Gasteiger partial charge in [0.1, 0.15) is 9.84 Å². The number of nitrogens with zero attached hydrogens (tertiary/aromatic N) is 2. The summed E-state index contributed by atoms with van der Waals surface area (Å²) in [5.74, 6) is 0. The summed E-state index contributed by atoms with van der Waals surface area (Å²) in [4.78, 5) is 6.21. The van der Waals surface area contributed by atoms with E-state index in [1.54, 1.807) is 12.4 Å². The molecule has 0 unspecified atom stereocenters. The molecule has 2 N–H and O–H groups in total. The van der Waals surface area contributed by atoms with Gasteiger partial charge in [-0.2, -0.15) is 0 Å². The standard InChI is InChI=1S/C12H19N3O2S/c1-9-7-14-8-11(13)12(9)15-5-3-10(4-6-15)18(2,16)17/h7-8,10H,3-6,13H2,1-2H3. The number of anilines is 2. The van der Waals surface area contributed by atoms with Crippen LogP contribution < -0.4 is 10.6 Å². The summed E-state index contributed by atoms with van der Waals surface area (Å²) < 4.78 is 23.0. The molecule has 0 spiro atoms. The smallest absolute Gasteiger partial charge is 0.150 e. The molecule has 6 heteroatoms. The molecule has 5 nitrogen and oxygen atoms in total. The zero-order valence-electron chi connectivity index (χ0n) is 10.8. The quantitative estimate of drug-likeness (QED) is 0.866. The van der Waals surface area contributed by atoms with Gasteiger partial charge in [0.15, 0.2) is 0 Å².